The van der Waals surface area contributed by atoms with Gasteiger partial charge in [0.1, 0.15) is 0 Å². The van der Waals surface area contributed by atoms with E-state index in [4.69, 9.17) is 0 Å². The molecule has 0 bridgehead atoms. The molecule has 58 valence electrons. The van der Waals surface area contributed by atoms with Crippen LogP contribution in [0.3, 0.4) is 0 Å². The Morgan fingerprint density at radius 2 is 2.30 bits per heavy atom. The highest BCUT2D eigenvalue weighted by Crippen LogP contribution is 1.95. The SMILES string of the molecule is CN=C/C=C(\C)CCNC. The summed E-state index contributed by atoms with van der Waals surface area (Å²) in [7, 11) is 3.74. The topological polar surface area (TPSA) is 24.4 Å². The first-order chi connectivity index (χ1) is 4.81. The van der Waals surface area contributed by atoms with Gasteiger partial charge in [0, 0.05) is 13.3 Å². The van der Waals surface area contributed by atoms with Crippen LogP contribution in [0.1, 0.15) is 13.3 Å². The summed E-state index contributed by atoms with van der Waals surface area (Å²) >= 11 is 0. The maximum atomic E-state index is 3.86. The van der Waals surface area contributed by atoms with Crippen molar-refractivity contribution in [2.24, 2.45) is 4.99 Å². The van der Waals surface area contributed by atoms with Crippen molar-refractivity contribution in [3.8, 4) is 0 Å². The van der Waals surface area contributed by atoms with E-state index >= 15 is 0 Å². The van der Waals surface area contributed by atoms with Gasteiger partial charge in [0.25, 0.3) is 0 Å². The van der Waals surface area contributed by atoms with Crippen LogP contribution in [0.2, 0.25) is 0 Å². The van der Waals surface area contributed by atoms with Crippen LogP contribution in [0.4, 0.5) is 0 Å². The molecule has 0 heterocycles. The number of hydrogen-bond donors (Lipinski definition) is 1. The first-order valence-corrected chi connectivity index (χ1v) is 3.53. The molecule has 0 amide bonds. The molecule has 1 N–H and O–H groups in total. The Labute approximate surface area is 63.0 Å². The molecule has 0 aromatic carbocycles. The summed E-state index contributed by atoms with van der Waals surface area (Å²) in [6.45, 7) is 3.15. The van der Waals surface area contributed by atoms with E-state index in [-0.39, 0.29) is 0 Å². The summed E-state index contributed by atoms with van der Waals surface area (Å²) in [4.78, 5) is 3.86. The van der Waals surface area contributed by atoms with Crippen molar-refractivity contribution in [1.82, 2.24) is 5.32 Å². The summed E-state index contributed by atoms with van der Waals surface area (Å²) in [5.74, 6) is 0. The Morgan fingerprint density at radius 3 is 2.80 bits per heavy atom. The molecule has 0 aromatic rings. The molecule has 10 heavy (non-hydrogen) atoms. The summed E-state index contributed by atoms with van der Waals surface area (Å²) in [6, 6.07) is 0. The molecule has 0 aliphatic carbocycles. The van der Waals surface area contributed by atoms with Crippen molar-refractivity contribution in [1.29, 1.82) is 0 Å². The van der Waals surface area contributed by atoms with Gasteiger partial charge in [0.2, 0.25) is 0 Å². The van der Waals surface area contributed by atoms with Crippen LogP contribution in [0.25, 0.3) is 0 Å². The predicted molar refractivity (Wildman–Crippen MR) is 46.7 cm³/mol. The molecule has 0 unspecified atom stereocenters. The first kappa shape index (κ1) is 9.37. The van der Waals surface area contributed by atoms with Gasteiger partial charge in [-0.05, 0) is 33.0 Å². The van der Waals surface area contributed by atoms with E-state index in [0.717, 1.165) is 13.0 Å². The third-order valence-corrected chi connectivity index (χ3v) is 1.28. The van der Waals surface area contributed by atoms with Crippen LogP contribution in [-0.2, 0) is 0 Å². The number of hydrogen-bond acceptors (Lipinski definition) is 2. The minimum Gasteiger partial charge on any atom is -0.319 e. The fraction of sp³-hybridized carbons (Fsp3) is 0.625. The second-order valence-electron chi connectivity index (χ2n) is 2.27. The van der Waals surface area contributed by atoms with E-state index in [0.29, 0.717) is 0 Å². The van der Waals surface area contributed by atoms with E-state index in [2.05, 4.69) is 17.2 Å². The van der Waals surface area contributed by atoms with Gasteiger partial charge in [0.15, 0.2) is 0 Å². The van der Waals surface area contributed by atoms with Crippen LogP contribution < -0.4 is 5.32 Å². The monoisotopic (exact) mass is 140 g/mol. The molecular weight excluding hydrogens is 124 g/mol. The number of nitrogens with zero attached hydrogens (tertiary/aromatic N) is 1. The minimum absolute atomic E-state index is 1.04. The third kappa shape index (κ3) is 5.51. The van der Waals surface area contributed by atoms with Gasteiger partial charge in [0.05, 0.1) is 0 Å². The summed E-state index contributed by atoms with van der Waals surface area (Å²) in [6.07, 6.45) is 4.96. The number of rotatable bonds is 4. The molecule has 2 heteroatoms. The highest BCUT2D eigenvalue weighted by atomic mass is 14.8. The quantitative estimate of drug-likeness (QED) is 0.584. The molecule has 0 spiro atoms. The second-order valence-corrected chi connectivity index (χ2v) is 2.27. The van der Waals surface area contributed by atoms with Crippen LogP contribution >= 0.6 is 0 Å². The van der Waals surface area contributed by atoms with E-state index in [1.807, 2.05) is 19.3 Å². The second kappa shape index (κ2) is 6.49. The van der Waals surface area contributed by atoms with Crippen molar-refractivity contribution in [3.63, 3.8) is 0 Å². The summed E-state index contributed by atoms with van der Waals surface area (Å²) in [5.41, 5.74) is 1.36. The largest absolute Gasteiger partial charge is 0.319 e. The fourth-order valence-corrected chi connectivity index (χ4v) is 0.607. The van der Waals surface area contributed by atoms with Gasteiger partial charge in [-0.15, -0.1) is 0 Å². The smallest absolute Gasteiger partial charge is 0.0277 e. The van der Waals surface area contributed by atoms with Crippen LogP contribution in [0.15, 0.2) is 16.6 Å². The average Bonchev–Trinajstić information content (AvgIpc) is 1.97. The molecule has 0 aliphatic rings. The zero-order valence-electron chi connectivity index (χ0n) is 7.02. The van der Waals surface area contributed by atoms with Gasteiger partial charge in [-0.2, -0.15) is 0 Å². The summed E-state index contributed by atoms with van der Waals surface area (Å²) in [5, 5.41) is 3.09. The molecule has 0 saturated heterocycles. The fourth-order valence-electron chi connectivity index (χ4n) is 0.607. The van der Waals surface area contributed by atoms with Crippen molar-refractivity contribution >= 4 is 6.21 Å². The highest BCUT2D eigenvalue weighted by Gasteiger charge is 1.84. The Hall–Kier alpha value is -0.630. The molecule has 0 atom stereocenters. The van der Waals surface area contributed by atoms with Crippen molar-refractivity contribution in [3.05, 3.63) is 11.6 Å². The van der Waals surface area contributed by atoms with E-state index in [1.165, 1.54) is 5.57 Å². The van der Waals surface area contributed by atoms with E-state index in [9.17, 15) is 0 Å². The molecular formula is C8H16N2. The molecule has 0 fully saturated rings. The van der Waals surface area contributed by atoms with Gasteiger partial charge in [-0.1, -0.05) is 5.57 Å². The predicted octanol–water partition coefficient (Wildman–Crippen LogP) is 1.24. The third-order valence-electron chi connectivity index (χ3n) is 1.28. The lowest BCUT2D eigenvalue weighted by molar-refractivity contribution is 0.786. The van der Waals surface area contributed by atoms with Crippen LogP contribution in [0, 0.1) is 0 Å². The lowest BCUT2D eigenvalue weighted by Crippen LogP contribution is -2.07. The Balaban J connectivity index is 3.49. The molecule has 0 radical (unpaired) electrons. The van der Waals surface area contributed by atoms with Gasteiger partial charge < -0.3 is 5.32 Å². The first-order valence-electron chi connectivity index (χ1n) is 3.53. The molecule has 0 aromatic heterocycles. The lowest BCUT2D eigenvalue weighted by atomic mass is 10.2. The molecule has 0 aliphatic heterocycles. The number of nitrogens with one attached hydrogen (secondary N) is 1. The maximum absolute atomic E-state index is 3.86. The average molecular weight is 140 g/mol. The molecule has 2 nitrogen and oxygen atoms in total. The van der Waals surface area contributed by atoms with Crippen LogP contribution in [-0.4, -0.2) is 26.9 Å². The molecule has 0 rings (SSSR count). The van der Waals surface area contributed by atoms with Crippen molar-refractivity contribution < 1.29 is 0 Å². The maximum Gasteiger partial charge on any atom is 0.0277 e. The Kier molecular flexibility index (Phi) is 6.08. The van der Waals surface area contributed by atoms with Gasteiger partial charge in [-0.25, -0.2) is 0 Å². The normalized spacial score (nSPS) is 12.9. The lowest BCUT2D eigenvalue weighted by Gasteiger charge is -1.96. The number of aliphatic imine (C=N–C) groups is 1. The zero-order chi connectivity index (χ0) is 7.82. The molecule has 0 saturated carbocycles. The Morgan fingerprint density at radius 1 is 1.60 bits per heavy atom. The van der Waals surface area contributed by atoms with Crippen molar-refractivity contribution in [2.75, 3.05) is 20.6 Å². The summed E-state index contributed by atoms with van der Waals surface area (Å²) < 4.78 is 0. The highest BCUT2D eigenvalue weighted by molar-refractivity contribution is 5.71. The van der Waals surface area contributed by atoms with E-state index < -0.39 is 0 Å². The minimum atomic E-state index is 1.04. The zero-order valence-corrected chi connectivity index (χ0v) is 7.02. The van der Waals surface area contributed by atoms with Crippen molar-refractivity contribution in [2.45, 2.75) is 13.3 Å². The van der Waals surface area contributed by atoms with Crippen LogP contribution in [0.5, 0.6) is 0 Å². The standard InChI is InChI=1S/C8H16N2/c1-8(4-6-9-2)5-7-10-3/h4,6,10H,5,7H2,1-3H3/b8-4+,9-6?. The van der Waals surface area contributed by atoms with E-state index in [1.54, 1.807) is 7.05 Å². The van der Waals surface area contributed by atoms with Gasteiger partial charge >= 0.3 is 0 Å². The van der Waals surface area contributed by atoms with Gasteiger partial charge in [-0.3, -0.25) is 4.99 Å². The number of allylic oxidation sites excluding steroid dienone is 1. The Bertz CT molecular complexity index is 125.